The average molecular weight is 262 g/mol. The number of methoxy groups -OCH3 is 1. The lowest BCUT2D eigenvalue weighted by Crippen LogP contribution is -2.39. The molecule has 1 N–H and O–H groups in total. The van der Waals surface area contributed by atoms with Gasteiger partial charge >= 0.3 is 5.97 Å². The second-order valence-electron chi connectivity index (χ2n) is 3.52. The topological polar surface area (TPSA) is 98.5 Å². The smallest absolute Gasteiger partial charge is 0.323 e. The highest BCUT2D eigenvalue weighted by Gasteiger charge is 2.28. The fourth-order valence-electron chi connectivity index (χ4n) is 1.37. The van der Waals surface area contributed by atoms with Crippen molar-refractivity contribution in [2.75, 3.05) is 7.11 Å². The number of nitrogens with zero attached hydrogens (tertiary/aromatic N) is 1. The van der Waals surface area contributed by atoms with Crippen LogP contribution < -0.4 is 4.72 Å². The number of carbonyl (C=O) groups excluding carboxylic acids is 1. The van der Waals surface area contributed by atoms with Crippen molar-refractivity contribution in [1.29, 1.82) is 0 Å². The normalized spacial score (nSPS) is 13.4. The van der Waals surface area contributed by atoms with Crippen LogP contribution in [0, 0.1) is 13.8 Å². The molecule has 0 aliphatic rings. The van der Waals surface area contributed by atoms with E-state index in [0.717, 1.165) is 0 Å². The van der Waals surface area contributed by atoms with Gasteiger partial charge in [0.25, 0.3) is 0 Å². The molecule has 0 aliphatic heterocycles. The summed E-state index contributed by atoms with van der Waals surface area (Å²) in [5, 5.41) is 3.54. The Hall–Kier alpha value is -1.41. The van der Waals surface area contributed by atoms with Crippen molar-refractivity contribution in [2.24, 2.45) is 0 Å². The second-order valence-corrected chi connectivity index (χ2v) is 5.17. The Kier molecular flexibility index (Phi) is 3.89. The molecular weight excluding hydrogens is 248 g/mol. The third kappa shape index (κ3) is 2.83. The first-order chi connectivity index (χ1) is 7.79. The number of carbonyl (C=O) groups is 1. The Morgan fingerprint density at radius 3 is 2.47 bits per heavy atom. The predicted molar refractivity (Wildman–Crippen MR) is 57.8 cm³/mol. The molecule has 1 heterocycles. The fraction of sp³-hybridized carbons (Fsp3) is 0.556. The monoisotopic (exact) mass is 262 g/mol. The summed E-state index contributed by atoms with van der Waals surface area (Å²) in [6.45, 7) is 4.38. The van der Waals surface area contributed by atoms with Gasteiger partial charge in [0.2, 0.25) is 10.0 Å². The number of esters is 1. The summed E-state index contributed by atoms with van der Waals surface area (Å²) in [4.78, 5) is 11.1. The molecule has 1 aromatic heterocycles. The van der Waals surface area contributed by atoms with E-state index < -0.39 is 22.0 Å². The van der Waals surface area contributed by atoms with E-state index >= 15 is 0 Å². The molecule has 0 saturated carbocycles. The van der Waals surface area contributed by atoms with E-state index in [-0.39, 0.29) is 16.3 Å². The Balaban J connectivity index is 3.02. The number of hydrogen-bond acceptors (Lipinski definition) is 6. The van der Waals surface area contributed by atoms with Gasteiger partial charge in [-0.05, 0) is 20.8 Å². The molecule has 0 fully saturated rings. The molecule has 0 aromatic carbocycles. The van der Waals surface area contributed by atoms with Gasteiger partial charge in [-0.2, -0.15) is 4.72 Å². The lowest BCUT2D eigenvalue weighted by Gasteiger charge is -2.11. The molecule has 0 aliphatic carbocycles. The quantitative estimate of drug-likeness (QED) is 0.774. The minimum atomic E-state index is -3.84. The first-order valence-electron chi connectivity index (χ1n) is 4.82. The summed E-state index contributed by atoms with van der Waals surface area (Å²) in [6.07, 6.45) is 0. The zero-order valence-corrected chi connectivity index (χ0v) is 10.8. The van der Waals surface area contributed by atoms with Crippen molar-refractivity contribution in [3.8, 4) is 0 Å². The maximum Gasteiger partial charge on any atom is 0.323 e. The standard InChI is InChI=1S/C9H14N2O5S/c1-5-8(7(3)16-10-5)17(13,14)11-6(2)9(12)15-4/h6,11H,1-4H3. The van der Waals surface area contributed by atoms with E-state index in [1.54, 1.807) is 0 Å². The minimum absolute atomic E-state index is 0.0479. The van der Waals surface area contributed by atoms with Gasteiger partial charge < -0.3 is 9.26 Å². The molecule has 8 heteroatoms. The molecule has 0 spiro atoms. The maximum atomic E-state index is 11.9. The van der Waals surface area contributed by atoms with E-state index in [1.807, 2.05) is 0 Å². The highest BCUT2D eigenvalue weighted by molar-refractivity contribution is 7.89. The van der Waals surface area contributed by atoms with Crippen LogP contribution >= 0.6 is 0 Å². The third-order valence-electron chi connectivity index (χ3n) is 2.12. The van der Waals surface area contributed by atoms with Crippen molar-refractivity contribution >= 4 is 16.0 Å². The fourth-order valence-corrected chi connectivity index (χ4v) is 2.90. The van der Waals surface area contributed by atoms with Gasteiger partial charge in [0.05, 0.1) is 7.11 Å². The summed E-state index contributed by atoms with van der Waals surface area (Å²) in [7, 11) is -2.66. The highest BCUT2D eigenvalue weighted by atomic mass is 32.2. The van der Waals surface area contributed by atoms with Crippen LogP contribution in [0.15, 0.2) is 9.42 Å². The summed E-state index contributed by atoms with van der Waals surface area (Å²) in [6, 6.07) is -0.973. The number of nitrogens with one attached hydrogen (secondary N) is 1. The third-order valence-corrected chi connectivity index (χ3v) is 3.91. The van der Waals surface area contributed by atoms with Gasteiger partial charge in [0.1, 0.15) is 16.6 Å². The molecule has 17 heavy (non-hydrogen) atoms. The molecule has 0 radical (unpaired) electrons. The second kappa shape index (κ2) is 4.84. The van der Waals surface area contributed by atoms with Crippen LogP contribution in [0.2, 0.25) is 0 Å². The molecule has 0 saturated heterocycles. The predicted octanol–water partition coefficient (Wildman–Crippen LogP) is 0.131. The van der Waals surface area contributed by atoms with Crippen LogP contribution in [0.25, 0.3) is 0 Å². The maximum absolute atomic E-state index is 11.9. The van der Waals surface area contributed by atoms with Gasteiger partial charge in [-0.1, -0.05) is 5.16 Å². The molecule has 1 aromatic rings. The van der Waals surface area contributed by atoms with Crippen LogP contribution in [0.3, 0.4) is 0 Å². The van der Waals surface area contributed by atoms with Gasteiger partial charge in [-0.3, -0.25) is 4.79 Å². The summed E-state index contributed by atoms with van der Waals surface area (Å²) in [5.41, 5.74) is 0.243. The van der Waals surface area contributed by atoms with Crippen molar-refractivity contribution in [2.45, 2.75) is 31.7 Å². The molecule has 1 rings (SSSR count). The Morgan fingerprint density at radius 1 is 1.47 bits per heavy atom. The summed E-state index contributed by atoms with van der Waals surface area (Å²) < 4.78 is 35.3. The van der Waals surface area contributed by atoms with E-state index in [0.29, 0.717) is 0 Å². The molecule has 7 nitrogen and oxygen atoms in total. The van der Waals surface area contributed by atoms with Crippen LogP contribution in [0.1, 0.15) is 18.4 Å². The van der Waals surface area contributed by atoms with Gasteiger partial charge in [0.15, 0.2) is 5.76 Å². The molecule has 1 atom stereocenters. The number of aromatic nitrogens is 1. The number of hydrogen-bond donors (Lipinski definition) is 1. The first-order valence-corrected chi connectivity index (χ1v) is 6.31. The average Bonchev–Trinajstić information content (AvgIpc) is 2.57. The van der Waals surface area contributed by atoms with Crippen molar-refractivity contribution in [1.82, 2.24) is 9.88 Å². The van der Waals surface area contributed by atoms with Crippen LogP contribution in [-0.4, -0.2) is 32.7 Å². The van der Waals surface area contributed by atoms with Crippen LogP contribution in [0.5, 0.6) is 0 Å². The number of rotatable bonds is 4. The zero-order valence-electron chi connectivity index (χ0n) is 9.97. The van der Waals surface area contributed by atoms with Gasteiger partial charge in [-0.25, -0.2) is 8.42 Å². The SMILES string of the molecule is COC(=O)C(C)NS(=O)(=O)c1c(C)noc1C. The molecule has 0 amide bonds. The zero-order chi connectivity index (χ0) is 13.2. The molecule has 1 unspecified atom stereocenters. The Labute approximate surface area is 99.2 Å². The largest absolute Gasteiger partial charge is 0.468 e. The lowest BCUT2D eigenvalue weighted by atomic mass is 10.4. The summed E-state index contributed by atoms with van der Waals surface area (Å²) in [5.74, 6) is -0.493. The van der Waals surface area contributed by atoms with E-state index in [4.69, 9.17) is 4.52 Å². The summed E-state index contributed by atoms with van der Waals surface area (Å²) >= 11 is 0. The van der Waals surface area contributed by atoms with Crippen molar-refractivity contribution in [3.05, 3.63) is 11.5 Å². The number of sulfonamides is 1. The molecular formula is C9H14N2O5S. The van der Waals surface area contributed by atoms with Gasteiger partial charge in [0, 0.05) is 0 Å². The van der Waals surface area contributed by atoms with Crippen molar-refractivity contribution < 1.29 is 22.5 Å². The van der Waals surface area contributed by atoms with Crippen LogP contribution in [0.4, 0.5) is 0 Å². The van der Waals surface area contributed by atoms with E-state index in [9.17, 15) is 13.2 Å². The van der Waals surface area contributed by atoms with Gasteiger partial charge in [-0.15, -0.1) is 0 Å². The lowest BCUT2D eigenvalue weighted by molar-refractivity contribution is -0.142. The van der Waals surface area contributed by atoms with E-state index in [2.05, 4.69) is 14.6 Å². The molecule has 0 bridgehead atoms. The minimum Gasteiger partial charge on any atom is -0.468 e. The highest BCUT2D eigenvalue weighted by Crippen LogP contribution is 2.18. The van der Waals surface area contributed by atoms with Crippen molar-refractivity contribution in [3.63, 3.8) is 0 Å². The number of aryl methyl sites for hydroxylation is 2. The van der Waals surface area contributed by atoms with E-state index in [1.165, 1.54) is 27.9 Å². The first kappa shape index (κ1) is 13.7. The number of ether oxygens (including phenoxy) is 1. The van der Waals surface area contributed by atoms with Crippen LogP contribution in [-0.2, 0) is 19.6 Å². The molecule has 96 valence electrons. The Morgan fingerprint density at radius 2 is 2.06 bits per heavy atom. The Bertz CT molecular complexity index is 500.